The minimum absolute atomic E-state index is 0.0514. The Morgan fingerprint density at radius 1 is 1.48 bits per heavy atom. The van der Waals surface area contributed by atoms with E-state index in [1.54, 1.807) is 11.4 Å². The lowest BCUT2D eigenvalue weighted by molar-refractivity contribution is -0.121. The van der Waals surface area contributed by atoms with Gasteiger partial charge in [-0.25, -0.2) is 0 Å². The number of nitrogens with two attached hydrogens (primary N) is 1. The monoisotopic (exact) mass is 307 g/mol. The molecule has 0 aromatic carbocycles. The van der Waals surface area contributed by atoms with Gasteiger partial charge in [-0.05, 0) is 19.4 Å². The summed E-state index contributed by atoms with van der Waals surface area (Å²) in [5.41, 5.74) is 5.85. The van der Waals surface area contributed by atoms with Crippen LogP contribution in [0.3, 0.4) is 0 Å². The molecule has 1 aromatic heterocycles. The highest BCUT2D eigenvalue weighted by Crippen LogP contribution is 2.13. The van der Waals surface area contributed by atoms with Crippen LogP contribution in [0, 0.1) is 11.8 Å². The molecule has 0 aliphatic rings. The minimum Gasteiger partial charge on any atom is -0.354 e. The molecule has 1 rings (SSSR count). The standard InChI is InChI=1S/C15H21N3O2S/c1-3-11(2)18-14(19)6-8-17-15(20)12-9-13(21-10-12)5-4-7-16/h9-11H,3,6-8,16H2,1-2H3,(H,17,20)(H,18,19). The van der Waals surface area contributed by atoms with Crippen molar-refractivity contribution in [3.63, 3.8) is 0 Å². The van der Waals surface area contributed by atoms with Crippen LogP contribution in [-0.2, 0) is 4.79 Å². The van der Waals surface area contributed by atoms with Crippen molar-refractivity contribution in [1.29, 1.82) is 0 Å². The number of carbonyl (C=O) groups excluding carboxylic acids is 2. The first-order valence-corrected chi connectivity index (χ1v) is 7.79. The predicted molar refractivity (Wildman–Crippen MR) is 85.1 cm³/mol. The van der Waals surface area contributed by atoms with Gasteiger partial charge in [0, 0.05) is 24.4 Å². The number of hydrogen-bond acceptors (Lipinski definition) is 4. The zero-order valence-corrected chi connectivity index (χ0v) is 13.2. The molecule has 114 valence electrons. The van der Waals surface area contributed by atoms with Crippen LogP contribution in [0.2, 0.25) is 0 Å². The van der Waals surface area contributed by atoms with Gasteiger partial charge in [0.1, 0.15) is 0 Å². The van der Waals surface area contributed by atoms with E-state index in [1.165, 1.54) is 11.3 Å². The lowest BCUT2D eigenvalue weighted by Crippen LogP contribution is -2.35. The van der Waals surface area contributed by atoms with Crippen molar-refractivity contribution in [2.75, 3.05) is 13.1 Å². The first-order chi connectivity index (χ1) is 10.1. The second kappa shape index (κ2) is 9.16. The fraction of sp³-hybridized carbons (Fsp3) is 0.467. The third kappa shape index (κ3) is 6.43. The Bertz CT molecular complexity index is 543. The molecule has 5 nitrogen and oxygen atoms in total. The van der Waals surface area contributed by atoms with Crippen LogP contribution >= 0.6 is 11.3 Å². The number of carbonyl (C=O) groups is 2. The molecule has 4 N–H and O–H groups in total. The third-order valence-electron chi connectivity index (χ3n) is 2.83. The van der Waals surface area contributed by atoms with Crippen LogP contribution in [0.25, 0.3) is 0 Å². The fourth-order valence-electron chi connectivity index (χ4n) is 1.50. The summed E-state index contributed by atoms with van der Waals surface area (Å²) in [5.74, 6) is 5.38. The lowest BCUT2D eigenvalue weighted by Gasteiger charge is -2.11. The fourth-order valence-corrected chi connectivity index (χ4v) is 2.25. The maximum Gasteiger partial charge on any atom is 0.252 e. The van der Waals surface area contributed by atoms with Crippen molar-refractivity contribution >= 4 is 23.2 Å². The Balaban J connectivity index is 2.37. The van der Waals surface area contributed by atoms with Crippen LogP contribution < -0.4 is 16.4 Å². The number of rotatable bonds is 6. The van der Waals surface area contributed by atoms with Crippen LogP contribution in [0.15, 0.2) is 11.4 Å². The van der Waals surface area contributed by atoms with Crippen molar-refractivity contribution < 1.29 is 9.59 Å². The van der Waals surface area contributed by atoms with Crippen LogP contribution in [-0.4, -0.2) is 30.9 Å². The van der Waals surface area contributed by atoms with Gasteiger partial charge >= 0.3 is 0 Å². The average Bonchev–Trinajstić information content (AvgIpc) is 2.93. The topological polar surface area (TPSA) is 84.2 Å². The molecule has 0 saturated heterocycles. The first kappa shape index (κ1) is 17.2. The zero-order chi connectivity index (χ0) is 15.7. The molecule has 0 fully saturated rings. The SMILES string of the molecule is CCC(C)NC(=O)CCNC(=O)c1csc(C#CCN)c1. The predicted octanol–water partition coefficient (Wildman–Crippen LogP) is 1.09. The molecule has 0 aliphatic heterocycles. The Kier molecular flexibility index (Phi) is 7.51. The molecule has 1 unspecified atom stereocenters. The van der Waals surface area contributed by atoms with E-state index in [0.717, 1.165) is 11.3 Å². The summed E-state index contributed by atoms with van der Waals surface area (Å²) in [6.45, 7) is 4.58. The van der Waals surface area contributed by atoms with Crippen molar-refractivity contribution in [1.82, 2.24) is 10.6 Å². The van der Waals surface area contributed by atoms with E-state index >= 15 is 0 Å². The second-order valence-corrected chi connectivity index (χ2v) is 5.50. The van der Waals surface area contributed by atoms with Gasteiger partial charge in [-0.2, -0.15) is 0 Å². The average molecular weight is 307 g/mol. The second-order valence-electron chi connectivity index (χ2n) is 4.59. The van der Waals surface area contributed by atoms with E-state index in [1.807, 2.05) is 13.8 Å². The molecule has 0 aliphatic carbocycles. The van der Waals surface area contributed by atoms with Crippen molar-refractivity contribution in [2.45, 2.75) is 32.7 Å². The van der Waals surface area contributed by atoms with E-state index in [2.05, 4.69) is 22.5 Å². The maximum atomic E-state index is 11.9. The van der Waals surface area contributed by atoms with Crippen LogP contribution in [0.5, 0.6) is 0 Å². The summed E-state index contributed by atoms with van der Waals surface area (Å²) in [6.07, 6.45) is 1.17. The Labute approximate surface area is 129 Å². The van der Waals surface area contributed by atoms with E-state index in [-0.39, 0.29) is 24.3 Å². The van der Waals surface area contributed by atoms with Crippen LogP contribution in [0.1, 0.15) is 41.9 Å². The molecule has 2 amide bonds. The highest BCUT2D eigenvalue weighted by atomic mass is 32.1. The molecule has 6 heteroatoms. The summed E-state index contributed by atoms with van der Waals surface area (Å²) in [7, 11) is 0. The largest absolute Gasteiger partial charge is 0.354 e. The molecular formula is C15H21N3O2S. The molecule has 1 heterocycles. The number of hydrogen-bond donors (Lipinski definition) is 3. The van der Waals surface area contributed by atoms with Crippen molar-refractivity contribution in [3.05, 3.63) is 21.9 Å². The Hall–Kier alpha value is -1.84. The molecule has 0 spiro atoms. The lowest BCUT2D eigenvalue weighted by atomic mass is 10.2. The van der Waals surface area contributed by atoms with Gasteiger partial charge in [-0.3, -0.25) is 9.59 Å². The minimum atomic E-state index is -0.191. The summed E-state index contributed by atoms with van der Waals surface area (Å²) in [4.78, 5) is 24.3. The van der Waals surface area contributed by atoms with E-state index < -0.39 is 0 Å². The van der Waals surface area contributed by atoms with E-state index in [4.69, 9.17) is 5.73 Å². The summed E-state index contributed by atoms with van der Waals surface area (Å²) in [6, 6.07) is 1.88. The molecule has 1 atom stereocenters. The normalized spacial score (nSPS) is 11.2. The smallest absolute Gasteiger partial charge is 0.252 e. The van der Waals surface area contributed by atoms with E-state index in [9.17, 15) is 9.59 Å². The van der Waals surface area contributed by atoms with Gasteiger partial charge in [0.25, 0.3) is 5.91 Å². The van der Waals surface area contributed by atoms with Crippen molar-refractivity contribution in [3.8, 4) is 11.8 Å². The first-order valence-electron chi connectivity index (χ1n) is 6.91. The third-order valence-corrected chi connectivity index (χ3v) is 3.68. The Morgan fingerprint density at radius 2 is 2.24 bits per heavy atom. The van der Waals surface area contributed by atoms with Gasteiger partial charge in [0.2, 0.25) is 5.91 Å². The van der Waals surface area contributed by atoms with Gasteiger partial charge in [0.15, 0.2) is 0 Å². The molecular weight excluding hydrogens is 286 g/mol. The molecule has 0 saturated carbocycles. The van der Waals surface area contributed by atoms with Gasteiger partial charge in [-0.15, -0.1) is 11.3 Å². The maximum absolute atomic E-state index is 11.9. The molecule has 0 bridgehead atoms. The number of thiophene rings is 1. The van der Waals surface area contributed by atoms with Crippen LogP contribution in [0.4, 0.5) is 0 Å². The molecule has 21 heavy (non-hydrogen) atoms. The quantitative estimate of drug-likeness (QED) is 0.688. The van der Waals surface area contributed by atoms with Crippen molar-refractivity contribution in [2.24, 2.45) is 5.73 Å². The number of amides is 2. The number of nitrogens with one attached hydrogen (secondary N) is 2. The van der Waals surface area contributed by atoms with Gasteiger partial charge < -0.3 is 16.4 Å². The summed E-state index contributed by atoms with van der Waals surface area (Å²) < 4.78 is 0. The summed E-state index contributed by atoms with van der Waals surface area (Å²) in [5, 5.41) is 7.32. The highest BCUT2D eigenvalue weighted by Gasteiger charge is 2.09. The summed E-state index contributed by atoms with van der Waals surface area (Å²) >= 11 is 1.40. The molecule has 1 aromatic rings. The van der Waals surface area contributed by atoms with Gasteiger partial charge in [0.05, 0.1) is 17.0 Å². The van der Waals surface area contributed by atoms with Gasteiger partial charge in [-0.1, -0.05) is 18.8 Å². The highest BCUT2D eigenvalue weighted by molar-refractivity contribution is 7.10. The van der Waals surface area contributed by atoms with E-state index in [0.29, 0.717) is 18.7 Å². The molecule has 0 radical (unpaired) electrons. The zero-order valence-electron chi connectivity index (χ0n) is 12.4. The Morgan fingerprint density at radius 3 is 2.90 bits per heavy atom.